The molecule has 15 heavy (non-hydrogen) atoms. The van der Waals surface area contributed by atoms with Crippen LogP contribution in [0.5, 0.6) is 0 Å². The highest BCUT2D eigenvalue weighted by Gasteiger charge is 2.32. The Kier molecular flexibility index (Phi) is 1.93. The fraction of sp³-hybridized carbons (Fsp3) is 0.222. The smallest absolute Gasteiger partial charge is 0.242 e. The summed E-state index contributed by atoms with van der Waals surface area (Å²) in [6.07, 6.45) is 3.62. The lowest BCUT2D eigenvalue weighted by molar-refractivity contribution is -0.115. The van der Waals surface area contributed by atoms with Crippen molar-refractivity contribution in [1.82, 2.24) is 9.97 Å². The molecule has 2 aromatic heterocycles. The van der Waals surface area contributed by atoms with Gasteiger partial charge in [0, 0.05) is 5.56 Å². The molecule has 1 aliphatic rings. The summed E-state index contributed by atoms with van der Waals surface area (Å²) in [6.45, 7) is 0. The van der Waals surface area contributed by atoms with Crippen LogP contribution in [-0.4, -0.2) is 22.1 Å². The number of anilines is 1. The highest BCUT2D eigenvalue weighted by atomic mass is 32.2. The zero-order chi connectivity index (χ0) is 10.4. The number of aromatic nitrogens is 2. The molecule has 0 bridgehead atoms. The largest absolute Gasteiger partial charge is 0.323 e. The van der Waals surface area contributed by atoms with Crippen LogP contribution in [0.15, 0.2) is 11.7 Å². The van der Waals surface area contributed by atoms with Crippen LogP contribution in [0.1, 0.15) is 10.8 Å². The first-order valence-corrected chi connectivity index (χ1v) is 6.54. The molecule has 0 radical (unpaired) electrons. The van der Waals surface area contributed by atoms with Gasteiger partial charge in [0.15, 0.2) is 5.65 Å². The van der Waals surface area contributed by atoms with E-state index in [4.69, 9.17) is 0 Å². The second kappa shape index (κ2) is 3.18. The van der Waals surface area contributed by atoms with Gasteiger partial charge in [-0.25, -0.2) is 9.97 Å². The van der Waals surface area contributed by atoms with Gasteiger partial charge in [-0.3, -0.25) is 4.79 Å². The number of carbonyl (C=O) groups excluding carboxylic acids is 1. The number of thioether (sulfide) groups is 1. The molecule has 3 heterocycles. The topological polar surface area (TPSA) is 54.9 Å². The minimum Gasteiger partial charge on any atom is -0.323 e. The van der Waals surface area contributed by atoms with Gasteiger partial charge in [-0.05, 0) is 6.26 Å². The van der Waals surface area contributed by atoms with Crippen molar-refractivity contribution in [3.8, 4) is 0 Å². The van der Waals surface area contributed by atoms with Gasteiger partial charge in [-0.15, -0.1) is 23.1 Å². The zero-order valence-electron chi connectivity index (χ0n) is 7.85. The van der Waals surface area contributed by atoms with Crippen LogP contribution in [0, 0.1) is 0 Å². The third kappa shape index (κ3) is 1.18. The number of amides is 1. The van der Waals surface area contributed by atoms with Crippen LogP contribution in [0.3, 0.4) is 0 Å². The Morgan fingerprint density at radius 2 is 2.40 bits per heavy atom. The molecule has 0 spiro atoms. The standard InChI is InChI=1S/C9H7N3OS2/c1-14-7-5-4(12-9(7)13)2-10-8-6(5)15-3-11-8/h2-3,7H,1H3,(H,12,13). The molecule has 6 heteroatoms. The SMILES string of the molecule is CSC1C(=O)Nc2cnc3ncsc3c21. The molecule has 4 nitrogen and oxygen atoms in total. The van der Waals surface area contributed by atoms with E-state index >= 15 is 0 Å². The van der Waals surface area contributed by atoms with Crippen molar-refractivity contribution < 1.29 is 4.79 Å². The fourth-order valence-corrected chi connectivity index (χ4v) is 3.40. The van der Waals surface area contributed by atoms with Crippen LogP contribution in [-0.2, 0) is 4.79 Å². The Bertz CT molecular complexity index is 551. The molecule has 0 fully saturated rings. The van der Waals surface area contributed by atoms with E-state index < -0.39 is 0 Å². The maximum atomic E-state index is 11.7. The Hall–Kier alpha value is -1.14. The maximum absolute atomic E-state index is 11.7. The van der Waals surface area contributed by atoms with Crippen molar-refractivity contribution in [2.24, 2.45) is 0 Å². The summed E-state index contributed by atoms with van der Waals surface area (Å²) in [5.74, 6) is 0.0419. The van der Waals surface area contributed by atoms with Crippen LogP contribution in [0.2, 0.25) is 0 Å². The summed E-state index contributed by atoms with van der Waals surface area (Å²) in [6, 6.07) is 0. The summed E-state index contributed by atoms with van der Waals surface area (Å²) < 4.78 is 1.02. The molecular formula is C9H7N3OS2. The van der Waals surface area contributed by atoms with Crippen molar-refractivity contribution >= 4 is 45.0 Å². The maximum Gasteiger partial charge on any atom is 0.242 e. The lowest BCUT2D eigenvalue weighted by Gasteiger charge is -2.04. The Morgan fingerprint density at radius 3 is 3.20 bits per heavy atom. The van der Waals surface area contributed by atoms with Crippen LogP contribution in [0.25, 0.3) is 10.3 Å². The van der Waals surface area contributed by atoms with Gasteiger partial charge in [-0.2, -0.15) is 0 Å². The van der Waals surface area contributed by atoms with Crippen molar-refractivity contribution in [3.63, 3.8) is 0 Å². The van der Waals surface area contributed by atoms with Crippen molar-refractivity contribution in [3.05, 3.63) is 17.3 Å². The molecule has 1 atom stereocenters. The Balaban J connectivity index is 2.34. The molecule has 3 rings (SSSR count). The van der Waals surface area contributed by atoms with Gasteiger partial charge in [-0.1, -0.05) is 0 Å². The average molecular weight is 237 g/mol. The number of hydrogen-bond acceptors (Lipinski definition) is 5. The lowest BCUT2D eigenvalue weighted by atomic mass is 10.2. The van der Waals surface area contributed by atoms with E-state index in [0.717, 1.165) is 21.6 Å². The van der Waals surface area contributed by atoms with Gasteiger partial charge in [0.2, 0.25) is 5.91 Å². The molecule has 1 unspecified atom stereocenters. The van der Waals surface area contributed by atoms with Crippen LogP contribution < -0.4 is 5.32 Å². The second-order valence-electron chi connectivity index (χ2n) is 3.20. The average Bonchev–Trinajstić information content (AvgIpc) is 2.78. The molecular weight excluding hydrogens is 230 g/mol. The molecule has 76 valence electrons. The number of thiazole rings is 1. The summed E-state index contributed by atoms with van der Waals surface area (Å²) in [4.78, 5) is 20.0. The molecule has 1 aliphatic heterocycles. The number of hydrogen-bond donors (Lipinski definition) is 1. The molecule has 2 aromatic rings. The third-order valence-corrected chi connectivity index (χ3v) is 4.16. The van der Waals surface area contributed by atoms with Crippen molar-refractivity contribution in [2.45, 2.75) is 5.25 Å². The zero-order valence-corrected chi connectivity index (χ0v) is 9.48. The Labute approximate surface area is 94.1 Å². The predicted octanol–water partition coefficient (Wildman–Crippen LogP) is 2.05. The molecule has 0 aliphatic carbocycles. The minimum atomic E-state index is -0.119. The molecule has 1 N–H and O–H groups in total. The first-order valence-electron chi connectivity index (χ1n) is 4.37. The predicted molar refractivity (Wildman–Crippen MR) is 62.3 cm³/mol. The molecule has 1 amide bonds. The first kappa shape index (κ1) is 9.11. The summed E-state index contributed by atoms with van der Waals surface area (Å²) in [5.41, 5.74) is 4.36. The van der Waals surface area contributed by atoms with E-state index in [9.17, 15) is 4.79 Å². The highest BCUT2D eigenvalue weighted by molar-refractivity contribution is 7.99. The van der Waals surface area contributed by atoms with Gasteiger partial charge in [0.05, 0.1) is 22.1 Å². The van der Waals surface area contributed by atoms with E-state index in [0.29, 0.717) is 0 Å². The summed E-state index contributed by atoms with van der Waals surface area (Å²) in [5, 5.41) is 2.72. The number of nitrogens with one attached hydrogen (secondary N) is 1. The molecule has 0 aromatic carbocycles. The normalized spacial score (nSPS) is 19.3. The number of nitrogens with zero attached hydrogens (tertiary/aromatic N) is 2. The van der Waals surface area contributed by atoms with E-state index in [2.05, 4.69) is 15.3 Å². The minimum absolute atomic E-state index is 0.0419. The van der Waals surface area contributed by atoms with E-state index in [1.54, 1.807) is 23.5 Å². The number of pyridine rings is 1. The Morgan fingerprint density at radius 1 is 1.53 bits per heavy atom. The fourth-order valence-electron chi connectivity index (χ4n) is 1.75. The number of rotatable bonds is 1. The third-order valence-electron chi connectivity index (χ3n) is 2.39. The highest BCUT2D eigenvalue weighted by Crippen LogP contribution is 2.43. The van der Waals surface area contributed by atoms with E-state index in [-0.39, 0.29) is 11.2 Å². The molecule has 0 saturated heterocycles. The second-order valence-corrected chi connectivity index (χ2v) is 4.99. The number of fused-ring (bicyclic) bond motifs is 3. The quantitative estimate of drug-likeness (QED) is 0.824. The van der Waals surface area contributed by atoms with E-state index in [1.165, 1.54) is 11.3 Å². The van der Waals surface area contributed by atoms with Crippen molar-refractivity contribution in [1.29, 1.82) is 0 Å². The van der Waals surface area contributed by atoms with Crippen LogP contribution >= 0.6 is 23.1 Å². The van der Waals surface area contributed by atoms with Crippen molar-refractivity contribution in [2.75, 3.05) is 11.6 Å². The van der Waals surface area contributed by atoms with Crippen LogP contribution in [0.4, 0.5) is 5.69 Å². The summed E-state index contributed by atoms with van der Waals surface area (Å²) >= 11 is 3.08. The van der Waals surface area contributed by atoms with Gasteiger partial charge >= 0.3 is 0 Å². The van der Waals surface area contributed by atoms with Gasteiger partial charge < -0.3 is 5.32 Å². The van der Waals surface area contributed by atoms with Gasteiger partial charge in [0.1, 0.15) is 5.25 Å². The van der Waals surface area contributed by atoms with E-state index in [1.807, 2.05) is 6.26 Å². The lowest BCUT2D eigenvalue weighted by Crippen LogP contribution is -2.08. The number of carbonyl (C=O) groups is 1. The first-order chi connectivity index (χ1) is 7.31. The summed E-state index contributed by atoms with van der Waals surface area (Å²) in [7, 11) is 0. The van der Waals surface area contributed by atoms with Gasteiger partial charge in [0.25, 0.3) is 0 Å². The molecule has 0 saturated carbocycles. The monoisotopic (exact) mass is 237 g/mol.